The van der Waals surface area contributed by atoms with Crippen LogP contribution in [0.3, 0.4) is 0 Å². The lowest BCUT2D eigenvalue weighted by Crippen LogP contribution is -2.46. The van der Waals surface area contributed by atoms with Crippen molar-refractivity contribution in [1.82, 2.24) is 10.2 Å². The number of alkyl halides is 6. The summed E-state index contributed by atoms with van der Waals surface area (Å²) in [5.41, 5.74) is -2.37. The second-order valence-corrected chi connectivity index (χ2v) is 11.1. The topological polar surface area (TPSA) is 41.6 Å². The van der Waals surface area contributed by atoms with E-state index in [1.54, 1.807) is 17.0 Å². The Hall–Kier alpha value is -2.66. The highest BCUT2D eigenvalue weighted by Crippen LogP contribution is 2.46. The molecule has 3 heterocycles. The molecule has 3 fully saturated rings. The van der Waals surface area contributed by atoms with Crippen molar-refractivity contribution >= 4 is 5.91 Å². The summed E-state index contributed by atoms with van der Waals surface area (Å²) in [4.78, 5) is 15.0. The molecule has 5 atom stereocenters. The molecule has 3 unspecified atom stereocenters. The van der Waals surface area contributed by atoms with Crippen LogP contribution in [0.25, 0.3) is 0 Å². The van der Waals surface area contributed by atoms with Crippen LogP contribution in [0.1, 0.15) is 66.9 Å². The molecular weight excluding hydrogens is 541 g/mol. The number of benzene rings is 2. The van der Waals surface area contributed by atoms with Gasteiger partial charge in [0.05, 0.1) is 23.3 Å². The molecule has 0 aromatic heterocycles. The van der Waals surface area contributed by atoms with E-state index in [-0.39, 0.29) is 36.0 Å². The van der Waals surface area contributed by atoms with Crippen LogP contribution < -0.4 is 5.32 Å². The van der Waals surface area contributed by atoms with Crippen molar-refractivity contribution in [1.29, 1.82) is 0 Å². The Balaban J connectivity index is 1.46. The number of hydrogen-bond acceptors (Lipinski definition) is 3. The maximum atomic E-state index is 13.8. The van der Waals surface area contributed by atoms with Gasteiger partial charge in [-0.05, 0) is 92.6 Å². The van der Waals surface area contributed by atoms with Crippen molar-refractivity contribution in [3.05, 3.63) is 70.5 Å². The molecular formula is C29H31F7N2O2. The molecule has 0 spiro atoms. The Morgan fingerprint density at radius 1 is 0.925 bits per heavy atom. The molecule has 0 bridgehead atoms. The number of nitrogens with one attached hydrogen (secondary N) is 1. The summed E-state index contributed by atoms with van der Waals surface area (Å²) in [6.45, 7) is 3.32. The SMILES string of the molecule is CC(O[C@H]1CN2C(=O)CC(C3CCNCC3)C[C@H]2C1c1ccc(F)cc1)c1cc(C(F)(F)F)cc(C(F)(F)F)c1. The summed E-state index contributed by atoms with van der Waals surface area (Å²) in [6, 6.07) is 6.99. The minimum absolute atomic E-state index is 0.0379. The first-order valence-corrected chi connectivity index (χ1v) is 13.5. The van der Waals surface area contributed by atoms with Gasteiger partial charge in [-0.2, -0.15) is 26.3 Å². The van der Waals surface area contributed by atoms with Gasteiger partial charge >= 0.3 is 12.4 Å². The third-order valence-corrected chi connectivity index (χ3v) is 8.66. The first-order chi connectivity index (χ1) is 18.8. The van der Waals surface area contributed by atoms with Gasteiger partial charge in [0.15, 0.2) is 0 Å². The van der Waals surface area contributed by atoms with Crippen molar-refractivity contribution in [3.8, 4) is 0 Å². The summed E-state index contributed by atoms with van der Waals surface area (Å²) in [5, 5.41) is 3.33. The Labute approximate surface area is 227 Å². The lowest BCUT2D eigenvalue weighted by molar-refractivity contribution is -0.143. The van der Waals surface area contributed by atoms with Gasteiger partial charge in [0.2, 0.25) is 5.91 Å². The van der Waals surface area contributed by atoms with E-state index < -0.39 is 47.4 Å². The Morgan fingerprint density at radius 2 is 1.52 bits per heavy atom. The normalized spacial score (nSPS) is 27.1. The molecule has 218 valence electrons. The van der Waals surface area contributed by atoms with E-state index in [0.717, 1.165) is 25.9 Å². The van der Waals surface area contributed by atoms with Crippen LogP contribution in [0.2, 0.25) is 0 Å². The molecule has 0 saturated carbocycles. The number of rotatable bonds is 5. The van der Waals surface area contributed by atoms with Crippen LogP contribution in [0.15, 0.2) is 42.5 Å². The number of hydrogen-bond donors (Lipinski definition) is 1. The van der Waals surface area contributed by atoms with Crippen molar-refractivity contribution in [3.63, 3.8) is 0 Å². The zero-order valence-electron chi connectivity index (χ0n) is 21.9. The summed E-state index contributed by atoms with van der Waals surface area (Å²) >= 11 is 0. The summed E-state index contributed by atoms with van der Waals surface area (Å²) in [7, 11) is 0. The summed E-state index contributed by atoms with van der Waals surface area (Å²) in [5.74, 6) is -0.354. The molecule has 1 amide bonds. The Kier molecular flexibility index (Phi) is 7.91. The average Bonchev–Trinajstić information content (AvgIpc) is 3.26. The summed E-state index contributed by atoms with van der Waals surface area (Å²) in [6.07, 6.45) is -8.78. The van der Waals surface area contributed by atoms with E-state index in [9.17, 15) is 35.5 Å². The van der Waals surface area contributed by atoms with Gasteiger partial charge in [0.1, 0.15) is 5.82 Å². The zero-order valence-corrected chi connectivity index (χ0v) is 21.9. The number of amides is 1. The molecule has 3 aliphatic heterocycles. The number of piperidine rings is 2. The second-order valence-electron chi connectivity index (χ2n) is 11.1. The highest BCUT2D eigenvalue weighted by atomic mass is 19.4. The average molecular weight is 573 g/mol. The minimum Gasteiger partial charge on any atom is -0.368 e. The third kappa shape index (κ3) is 6.00. The van der Waals surface area contributed by atoms with Gasteiger partial charge in [-0.15, -0.1) is 0 Å². The van der Waals surface area contributed by atoms with Crippen molar-refractivity contribution in [2.24, 2.45) is 11.8 Å². The highest BCUT2D eigenvalue weighted by molar-refractivity contribution is 5.78. The predicted molar refractivity (Wildman–Crippen MR) is 133 cm³/mol. The second kappa shape index (κ2) is 11.0. The Morgan fingerprint density at radius 3 is 2.10 bits per heavy atom. The lowest BCUT2D eigenvalue weighted by Gasteiger charge is -2.41. The minimum atomic E-state index is -4.98. The fraction of sp³-hybridized carbons (Fsp3) is 0.552. The molecule has 1 N–H and O–H groups in total. The van der Waals surface area contributed by atoms with E-state index in [4.69, 9.17) is 4.74 Å². The number of carbonyl (C=O) groups excluding carboxylic acids is 1. The van der Waals surface area contributed by atoms with Crippen molar-refractivity contribution in [2.75, 3.05) is 19.6 Å². The van der Waals surface area contributed by atoms with E-state index in [2.05, 4.69) is 5.32 Å². The molecule has 0 radical (unpaired) electrons. The number of ether oxygens (including phenoxy) is 1. The van der Waals surface area contributed by atoms with Gasteiger partial charge in [0, 0.05) is 24.9 Å². The van der Waals surface area contributed by atoms with Crippen LogP contribution in [0.5, 0.6) is 0 Å². The highest BCUT2D eigenvalue weighted by Gasteiger charge is 2.50. The predicted octanol–water partition coefficient (Wildman–Crippen LogP) is 6.71. The maximum Gasteiger partial charge on any atom is 0.416 e. The fourth-order valence-electron chi connectivity index (χ4n) is 6.66. The molecule has 11 heteroatoms. The van der Waals surface area contributed by atoms with Gasteiger partial charge in [-0.25, -0.2) is 4.39 Å². The summed E-state index contributed by atoms with van der Waals surface area (Å²) < 4.78 is 101. The first kappa shape index (κ1) is 28.9. The monoisotopic (exact) mass is 572 g/mol. The van der Waals surface area contributed by atoms with Crippen molar-refractivity contribution < 1.29 is 40.3 Å². The molecule has 3 aliphatic rings. The van der Waals surface area contributed by atoms with Crippen molar-refractivity contribution in [2.45, 2.75) is 69.1 Å². The molecule has 4 nitrogen and oxygen atoms in total. The molecule has 0 aliphatic carbocycles. The lowest BCUT2D eigenvalue weighted by atomic mass is 9.74. The van der Waals surface area contributed by atoms with Crippen LogP contribution in [0.4, 0.5) is 30.7 Å². The first-order valence-electron chi connectivity index (χ1n) is 13.5. The standard InChI is InChI=1S/C29H31F7N2O2/c1-16(19-10-21(28(31,32)33)14-22(11-19)29(34,35)36)40-25-15-38-24(27(25)18-2-4-23(30)5-3-18)12-20(13-26(38)39)17-6-8-37-9-7-17/h2-5,10-11,14,16-17,20,24-25,27,37H,6-9,12-13,15H2,1H3/t16?,20?,24-,25-,27?/m0/s1. The number of halogens is 7. The molecule has 5 rings (SSSR count). The van der Waals surface area contributed by atoms with Gasteiger partial charge in [-0.3, -0.25) is 4.79 Å². The molecule has 2 aromatic carbocycles. The molecule has 40 heavy (non-hydrogen) atoms. The molecule has 2 aromatic rings. The van der Waals surface area contributed by atoms with E-state index in [0.29, 0.717) is 36.5 Å². The van der Waals surface area contributed by atoms with E-state index >= 15 is 0 Å². The van der Waals surface area contributed by atoms with Crippen LogP contribution in [-0.2, 0) is 21.9 Å². The van der Waals surface area contributed by atoms with Crippen LogP contribution in [-0.4, -0.2) is 42.6 Å². The van der Waals surface area contributed by atoms with Gasteiger partial charge in [0.25, 0.3) is 0 Å². The van der Waals surface area contributed by atoms with Gasteiger partial charge in [-0.1, -0.05) is 12.1 Å². The third-order valence-electron chi connectivity index (χ3n) is 8.66. The zero-order chi connectivity index (χ0) is 28.8. The quantitative estimate of drug-likeness (QED) is 0.405. The Bertz CT molecular complexity index is 1180. The number of nitrogens with zero attached hydrogens (tertiary/aromatic N) is 1. The number of carbonyl (C=O) groups is 1. The van der Waals surface area contributed by atoms with Crippen LogP contribution in [0, 0.1) is 17.7 Å². The smallest absolute Gasteiger partial charge is 0.368 e. The van der Waals surface area contributed by atoms with E-state index in [1.807, 2.05) is 0 Å². The van der Waals surface area contributed by atoms with E-state index in [1.165, 1.54) is 19.1 Å². The number of fused-ring (bicyclic) bond motifs is 1. The largest absolute Gasteiger partial charge is 0.416 e. The maximum absolute atomic E-state index is 13.8. The van der Waals surface area contributed by atoms with Gasteiger partial charge < -0.3 is 15.0 Å². The fourth-order valence-corrected chi connectivity index (χ4v) is 6.66. The van der Waals surface area contributed by atoms with Crippen LogP contribution >= 0.6 is 0 Å². The molecule has 3 saturated heterocycles.